The van der Waals surface area contributed by atoms with Crippen molar-refractivity contribution >= 4 is 23.5 Å². The van der Waals surface area contributed by atoms with Crippen LogP contribution in [0.1, 0.15) is 20.3 Å². The van der Waals surface area contributed by atoms with Crippen LogP contribution in [-0.4, -0.2) is 28.8 Å². The van der Waals surface area contributed by atoms with Crippen LogP contribution >= 0.6 is 23.5 Å². The Balaban J connectivity index is 2.43. The summed E-state index contributed by atoms with van der Waals surface area (Å²) in [4.78, 5) is 0. The van der Waals surface area contributed by atoms with E-state index >= 15 is 0 Å². The van der Waals surface area contributed by atoms with Gasteiger partial charge in [-0.2, -0.15) is 0 Å². The van der Waals surface area contributed by atoms with Crippen molar-refractivity contribution < 1.29 is 4.74 Å². The van der Waals surface area contributed by atoms with Crippen LogP contribution in [-0.2, 0) is 4.74 Å². The van der Waals surface area contributed by atoms with Gasteiger partial charge in [0.15, 0.2) is 0 Å². The lowest BCUT2D eigenvalue weighted by atomic mass is 10.2. The smallest absolute Gasteiger partial charge is 0.0831 e. The summed E-state index contributed by atoms with van der Waals surface area (Å²) in [5.41, 5.74) is 0.0375. The van der Waals surface area contributed by atoms with E-state index in [-0.39, 0.29) is 5.60 Å². The fourth-order valence-corrected chi connectivity index (χ4v) is 4.18. The van der Waals surface area contributed by atoms with Gasteiger partial charge in [-0.15, -0.1) is 23.5 Å². The molecule has 0 amide bonds. The molecule has 0 N–H and O–H groups in total. The Morgan fingerprint density at radius 2 is 1.82 bits per heavy atom. The van der Waals surface area contributed by atoms with Gasteiger partial charge in [0, 0.05) is 7.11 Å². The topological polar surface area (TPSA) is 9.23 Å². The summed E-state index contributed by atoms with van der Waals surface area (Å²) in [6, 6.07) is 0. The molecule has 0 spiro atoms. The van der Waals surface area contributed by atoms with Gasteiger partial charge in [0.1, 0.15) is 0 Å². The molecule has 0 saturated carbocycles. The summed E-state index contributed by atoms with van der Waals surface area (Å²) >= 11 is 4.07. The lowest BCUT2D eigenvalue weighted by molar-refractivity contribution is 0.0373. The van der Waals surface area contributed by atoms with Crippen molar-refractivity contribution in [3.8, 4) is 0 Å². The van der Waals surface area contributed by atoms with Crippen molar-refractivity contribution in [1.82, 2.24) is 0 Å². The van der Waals surface area contributed by atoms with Crippen molar-refractivity contribution in [1.29, 1.82) is 0 Å². The second-order valence-electron chi connectivity index (χ2n) is 3.23. The van der Waals surface area contributed by atoms with Crippen LogP contribution in [0.5, 0.6) is 0 Å². The molecule has 0 radical (unpaired) electrons. The Labute approximate surface area is 77.6 Å². The average Bonchev–Trinajstić information content (AvgIpc) is 2.06. The summed E-state index contributed by atoms with van der Waals surface area (Å²) in [7, 11) is 1.80. The minimum Gasteiger partial charge on any atom is -0.377 e. The van der Waals surface area contributed by atoms with Crippen LogP contribution in [0.15, 0.2) is 0 Å². The van der Waals surface area contributed by atoms with Gasteiger partial charge in [0.05, 0.1) is 10.2 Å². The molecule has 1 rings (SSSR count). The van der Waals surface area contributed by atoms with E-state index in [4.69, 9.17) is 4.74 Å². The first kappa shape index (κ1) is 9.75. The van der Waals surface area contributed by atoms with Gasteiger partial charge >= 0.3 is 0 Å². The van der Waals surface area contributed by atoms with E-state index in [1.165, 1.54) is 17.9 Å². The maximum Gasteiger partial charge on any atom is 0.0831 e. The fraction of sp³-hybridized carbons (Fsp3) is 1.00. The van der Waals surface area contributed by atoms with Gasteiger partial charge in [-0.1, -0.05) is 0 Å². The number of hydrogen-bond donors (Lipinski definition) is 0. The molecule has 0 aromatic heterocycles. The highest BCUT2D eigenvalue weighted by Gasteiger charge is 2.31. The minimum atomic E-state index is 0.0375. The van der Waals surface area contributed by atoms with Crippen molar-refractivity contribution in [3.05, 3.63) is 0 Å². The van der Waals surface area contributed by atoms with Crippen molar-refractivity contribution in [2.24, 2.45) is 0 Å². The maximum absolute atomic E-state index is 5.44. The highest BCUT2D eigenvalue weighted by atomic mass is 32.2. The van der Waals surface area contributed by atoms with Gasteiger partial charge < -0.3 is 4.74 Å². The summed E-state index contributed by atoms with van der Waals surface area (Å²) in [6.07, 6.45) is 1.35. The summed E-state index contributed by atoms with van der Waals surface area (Å²) in [5.74, 6) is 2.59. The van der Waals surface area contributed by atoms with E-state index in [1.54, 1.807) is 7.11 Å². The highest BCUT2D eigenvalue weighted by Crippen LogP contribution is 2.39. The molecule has 3 heteroatoms. The third-order valence-corrected chi connectivity index (χ3v) is 5.53. The number of thioether (sulfide) groups is 2. The molecule has 0 aromatic rings. The quantitative estimate of drug-likeness (QED) is 0.665. The number of ether oxygens (including phenoxy) is 1. The Morgan fingerprint density at radius 3 is 2.27 bits per heavy atom. The molecule has 1 aliphatic heterocycles. The van der Waals surface area contributed by atoms with E-state index in [0.717, 1.165) is 0 Å². The molecule has 1 aliphatic rings. The first-order valence-electron chi connectivity index (χ1n) is 3.95. The zero-order valence-electron chi connectivity index (χ0n) is 7.42. The number of hydrogen-bond acceptors (Lipinski definition) is 3. The molecule has 66 valence electrons. The molecule has 0 bridgehead atoms. The molecule has 1 saturated heterocycles. The summed E-state index contributed by atoms with van der Waals surface area (Å²) in [5, 5.41) is 0. The van der Waals surface area contributed by atoms with Gasteiger partial charge in [-0.05, 0) is 31.8 Å². The lowest BCUT2D eigenvalue weighted by Crippen LogP contribution is -2.35. The first-order valence-corrected chi connectivity index (χ1v) is 6.05. The van der Waals surface area contributed by atoms with Crippen LogP contribution in [0.4, 0.5) is 0 Å². The van der Waals surface area contributed by atoms with Gasteiger partial charge in [-0.3, -0.25) is 0 Å². The first-order chi connectivity index (χ1) is 5.17. The number of rotatable bonds is 2. The molecular weight excluding hydrogens is 176 g/mol. The molecule has 1 nitrogen and oxygen atoms in total. The summed E-state index contributed by atoms with van der Waals surface area (Å²) in [6.45, 7) is 4.34. The van der Waals surface area contributed by atoms with E-state index in [2.05, 4.69) is 13.8 Å². The van der Waals surface area contributed by atoms with Crippen molar-refractivity contribution in [3.63, 3.8) is 0 Å². The molecule has 0 aromatic carbocycles. The van der Waals surface area contributed by atoms with Gasteiger partial charge in [0.2, 0.25) is 0 Å². The Bertz CT molecular complexity index is 119. The summed E-state index contributed by atoms with van der Waals surface area (Å²) < 4.78 is 6.06. The van der Waals surface area contributed by atoms with E-state index in [1.807, 2.05) is 23.5 Å². The van der Waals surface area contributed by atoms with Crippen LogP contribution in [0.25, 0.3) is 0 Å². The van der Waals surface area contributed by atoms with E-state index < -0.39 is 0 Å². The van der Waals surface area contributed by atoms with Crippen molar-refractivity contribution in [2.75, 3.05) is 18.6 Å². The third kappa shape index (κ3) is 2.56. The second-order valence-corrected chi connectivity index (χ2v) is 5.96. The predicted octanol–water partition coefficient (Wildman–Crippen LogP) is 2.61. The monoisotopic (exact) mass is 192 g/mol. The molecule has 0 aliphatic carbocycles. The SMILES string of the molecule is COC(C)(C)C1SCCCS1. The molecule has 0 atom stereocenters. The predicted molar refractivity (Wildman–Crippen MR) is 54.4 cm³/mol. The Kier molecular flexibility index (Phi) is 3.59. The molecule has 1 fully saturated rings. The largest absolute Gasteiger partial charge is 0.377 e. The fourth-order valence-electron chi connectivity index (χ4n) is 0.985. The maximum atomic E-state index is 5.44. The Morgan fingerprint density at radius 1 is 1.27 bits per heavy atom. The van der Waals surface area contributed by atoms with Gasteiger partial charge in [-0.25, -0.2) is 0 Å². The van der Waals surface area contributed by atoms with Gasteiger partial charge in [0.25, 0.3) is 0 Å². The standard InChI is InChI=1S/C8H16OS2/c1-8(2,9-3)7-10-5-4-6-11-7/h7H,4-6H2,1-3H3. The van der Waals surface area contributed by atoms with E-state index in [0.29, 0.717) is 4.58 Å². The highest BCUT2D eigenvalue weighted by molar-refractivity contribution is 8.17. The zero-order chi connectivity index (χ0) is 8.32. The molecule has 0 unspecified atom stereocenters. The molecular formula is C8H16OS2. The Hall–Kier alpha value is 0.660. The number of methoxy groups -OCH3 is 1. The minimum absolute atomic E-state index is 0.0375. The van der Waals surface area contributed by atoms with Crippen LogP contribution in [0.3, 0.4) is 0 Å². The lowest BCUT2D eigenvalue weighted by Gasteiger charge is -2.34. The third-order valence-electron chi connectivity index (χ3n) is 1.92. The van der Waals surface area contributed by atoms with Crippen LogP contribution in [0.2, 0.25) is 0 Å². The molecule has 11 heavy (non-hydrogen) atoms. The van der Waals surface area contributed by atoms with Crippen molar-refractivity contribution in [2.45, 2.75) is 30.5 Å². The van der Waals surface area contributed by atoms with Crippen LogP contribution in [0, 0.1) is 0 Å². The zero-order valence-corrected chi connectivity index (χ0v) is 9.06. The van der Waals surface area contributed by atoms with E-state index in [9.17, 15) is 0 Å². The normalized spacial score (nSPS) is 22.1. The molecule has 1 heterocycles. The average molecular weight is 192 g/mol. The second kappa shape index (κ2) is 4.06. The van der Waals surface area contributed by atoms with Crippen LogP contribution < -0.4 is 0 Å².